The molecule has 5 nitrogen and oxygen atoms in total. The Labute approximate surface area is 174 Å². The van der Waals surface area contributed by atoms with Crippen molar-refractivity contribution in [1.82, 2.24) is 4.90 Å². The first kappa shape index (κ1) is 21.2. The standard InChI is InChI=1S/C24H33N3O2/c1-18(23(28)25-20-8-6-19(7-9-20)24(2,3)4)26-14-16-27(17-15-26)21-10-12-22(29-5)13-11-21/h6-13,18H,14-17H2,1-5H3,(H,25,28). The van der Waals surface area contributed by atoms with Gasteiger partial charge in [0.1, 0.15) is 5.75 Å². The van der Waals surface area contributed by atoms with Gasteiger partial charge in [0.15, 0.2) is 0 Å². The second-order valence-electron chi connectivity index (χ2n) is 8.71. The molecular weight excluding hydrogens is 362 g/mol. The number of piperazine rings is 1. The Kier molecular flexibility index (Phi) is 6.48. The van der Waals surface area contributed by atoms with Crippen molar-refractivity contribution in [2.45, 2.75) is 39.2 Å². The summed E-state index contributed by atoms with van der Waals surface area (Å²) >= 11 is 0. The first-order chi connectivity index (χ1) is 13.8. The van der Waals surface area contributed by atoms with E-state index in [4.69, 9.17) is 4.74 Å². The molecule has 1 amide bonds. The molecule has 0 spiro atoms. The maximum atomic E-state index is 12.7. The number of methoxy groups -OCH3 is 1. The lowest BCUT2D eigenvalue weighted by atomic mass is 9.87. The van der Waals surface area contributed by atoms with E-state index in [1.807, 2.05) is 31.2 Å². The zero-order valence-corrected chi connectivity index (χ0v) is 18.2. The average molecular weight is 396 g/mol. The van der Waals surface area contributed by atoms with Crippen molar-refractivity contribution in [1.29, 1.82) is 0 Å². The molecule has 0 saturated carbocycles. The number of rotatable bonds is 5. The van der Waals surface area contributed by atoms with Crippen molar-refractivity contribution in [3.63, 3.8) is 0 Å². The Morgan fingerprint density at radius 3 is 2.07 bits per heavy atom. The summed E-state index contributed by atoms with van der Waals surface area (Å²) in [6, 6.07) is 16.2. The van der Waals surface area contributed by atoms with E-state index in [1.165, 1.54) is 11.3 Å². The van der Waals surface area contributed by atoms with E-state index >= 15 is 0 Å². The van der Waals surface area contributed by atoms with Gasteiger partial charge in [-0.1, -0.05) is 32.9 Å². The van der Waals surface area contributed by atoms with E-state index in [2.05, 4.69) is 60.2 Å². The summed E-state index contributed by atoms with van der Waals surface area (Å²) in [6.45, 7) is 12.1. The summed E-state index contributed by atoms with van der Waals surface area (Å²) in [6.07, 6.45) is 0. The van der Waals surface area contributed by atoms with Gasteiger partial charge in [-0.3, -0.25) is 9.69 Å². The highest BCUT2D eigenvalue weighted by molar-refractivity contribution is 5.94. The Bertz CT molecular complexity index is 802. The van der Waals surface area contributed by atoms with Crippen molar-refractivity contribution in [2.75, 3.05) is 43.5 Å². The van der Waals surface area contributed by atoms with Crippen molar-refractivity contribution >= 4 is 17.3 Å². The lowest BCUT2D eigenvalue weighted by Gasteiger charge is -2.38. The lowest BCUT2D eigenvalue weighted by molar-refractivity contribution is -0.120. The van der Waals surface area contributed by atoms with Gasteiger partial charge in [0.05, 0.1) is 13.2 Å². The van der Waals surface area contributed by atoms with E-state index < -0.39 is 0 Å². The largest absolute Gasteiger partial charge is 0.497 e. The normalized spacial score (nSPS) is 16.4. The van der Waals surface area contributed by atoms with Crippen LogP contribution in [0.5, 0.6) is 5.75 Å². The van der Waals surface area contributed by atoms with Gasteiger partial charge in [-0.2, -0.15) is 0 Å². The predicted octanol–water partition coefficient (Wildman–Crippen LogP) is 4.14. The van der Waals surface area contributed by atoms with Crippen LogP contribution in [0.3, 0.4) is 0 Å². The van der Waals surface area contributed by atoms with Crippen molar-refractivity contribution < 1.29 is 9.53 Å². The molecule has 1 atom stereocenters. The summed E-state index contributed by atoms with van der Waals surface area (Å²) in [4.78, 5) is 17.3. The molecular formula is C24H33N3O2. The fourth-order valence-corrected chi connectivity index (χ4v) is 3.63. The van der Waals surface area contributed by atoms with Gasteiger partial charge in [-0.15, -0.1) is 0 Å². The number of ether oxygens (including phenoxy) is 1. The van der Waals surface area contributed by atoms with Gasteiger partial charge in [0.2, 0.25) is 5.91 Å². The van der Waals surface area contributed by atoms with Crippen LogP contribution in [-0.2, 0) is 10.2 Å². The Hall–Kier alpha value is -2.53. The smallest absolute Gasteiger partial charge is 0.241 e. The van der Waals surface area contributed by atoms with Gasteiger partial charge in [0.25, 0.3) is 0 Å². The van der Waals surface area contributed by atoms with E-state index in [0.717, 1.165) is 37.6 Å². The van der Waals surface area contributed by atoms with E-state index in [0.29, 0.717) is 0 Å². The second-order valence-corrected chi connectivity index (χ2v) is 8.71. The quantitative estimate of drug-likeness (QED) is 0.826. The number of anilines is 2. The van der Waals surface area contributed by atoms with Gasteiger partial charge in [-0.05, 0) is 54.3 Å². The Morgan fingerprint density at radius 1 is 0.966 bits per heavy atom. The summed E-state index contributed by atoms with van der Waals surface area (Å²) < 4.78 is 5.23. The fraction of sp³-hybridized carbons (Fsp3) is 0.458. The third-order valence-electron chi connectivity index (χ3n) is 5.70. The van der Waals surface area contributed by atoms with Gasteiger partial charge < -0.3 is 15.0 Å². The van der Waals surface area contributed by atoms with Gasteiger partial charge in [-0.25, -0.2) is 0 Å². The third-order valence-corrected chi connectivity index (χ3v) is 5.70. The van der Waals surface area contributed by atoms with Crippen molar-refractivity contribution in [2.24, 2.45) is 0 Å². The highest BCUT2D eigenvalue weighted by atomic mass is 16.5. The number of nitrogens with zero attached hydrogens (tertiary/aromatic N) is 2. The zero-order chi connectivity index (χ0) is 21.0. The predicted molar refractivity (Wildman–Crippen MR) is 120 cm³/mol. The third kappa shape index (κ3) is 5.30. The van der Waals surface area contributed by atoms with Gasteiger partial charge in [0, 0.05) is 37.6 Å². The number of benzene rings is 2. The monoisotopic (exact) mass is 395 g/mol. The molecule has 29 heavy (non-hydrogen) atoms. The number of hydrogen-bond donors (Lipinski definition) is 1. The number of amides is 1. The molecule has 2 aromatic carbocycles. The molecule has 156 valence electrons. The molecule has 0 bridgehead atoms. The minimum absolute atomic E-state index is 0.0476. The highest BCUT2D eigenvalue weighted by Crippen LogP contribution is 2.24. The highest BCUT2D eigenvalue weighted by Gasteiger charge is 2.26. The zero-order valence-electron chi connectivity index (χ0n) is 18.2. The molecule has 1 fully saturated rings. The molecule has 2 aromatic rings. The molecule has 5 heteroatoms. The maximum Gasteiger partial charge on any atom is 0.241 e. The van der Waals surface area contributed by atoms with E-state index in [1.54, 1.807) is 7.11 Å². The van der Waals surface area contributed by atoms with Crippen molar-refractivity contribution in [3.05, 3.63) is 54.1 Å². The summed E-state index contributed by atoms with van der Waals surface area (Å²) in [5.41, 5.74) is 3.42. The summed E-state index contributed by atoms with van der Waals surface area (Å²) in [7, 11) is 1.68. The molecule has 3 rings (SSSR count). The van der Waals surface area contributed by atoms with E-state index in [9.17, 15) is 4.79 Å². The van der Waals surface area contributed by atoms with Crippen LogP contribution in [0.25, 0.3) is 0 Å². The van der Waals surface area contributed by atoms with Crippen LogP contribution in [0, 0.1) is 0 Å². The molecule has 0 aliphatic carbocycles. The second kappa shape index (κ2) is 8.87. The van der Waals surface area contributed by atoms with Crippen LogP contribution >= 0.6 is 0 Å². The minimum atomic E-state index is -0.157. The van der Waals surface area contributed by atoms with Crippen LogP contribution in [0.1, 0.15) is 33.3 Å². The molecule has 1 heterocycles. The first-order valence-corrected chi connectivity index (χ1v) is 10.3. The minimum Gasteiger partial charge on any atom is -0.497 e. The van der Waals surface area contributed by atoms with Crippen LogP contribution < -0.4 is 15.0 Å². The molecule has 0 aromatic heterocycles. The molecule has 1 saturated heterocycles. The number of carbonyl (C=O) groups is 1. The van der Waals surface area contributed by atoms with Crippen LogP contribution in [0.15, 0.2) is 48.5 Å². The topological polar surface area (TPSA) is 44.8 Å². The first-order valence-electron chi connectivity index (χ1n) is 10.3. The lowest BCUT2D eigenvalue weighted by Crippen LogP contribution is -2.52. The van der Waals surface area contributed by atoms with Crippen LogP contribution in [0.2, 0.25) is 0 Å². The van der Waals surface area contributed by atoms with Gasteiger partial charge >= 0.3 is 0 Å². The average Bonchev–Trinajstić information content (AvgIpc) is 2.73. The number of hydrogen-bond acceptors (Lipinski definition) is 4. The molecule has 1 aliphatic rings. The molecule has 0 radical (unpaired) electrons. The van der Waals surface area contributed by atoms with E-state index in [-0.39, 0.29) is 17.4 Å². The maximum absolute atomic E-state index is 12.7. The molecule has 1 unspecified atom stereocenters. The van der Waals surface area contributed by atoms with Crippen LogP contribution in [-0.4, -0.2) is 50.1 Å². The molecule has 1 aliphatic heterocycles. The number of carbonyl (C=O) groups excluding carboxylic acids is 1. The van der Waals surface area contributed by atoms with Crippen LogP contribution in [0.4, 0.5) is 11.4 Å². The SMILES string of the molecule is COc1ccc(N2CCN(C(C)C(=O)Nc3ccc(C(C)(C)C)cc3)CC2)cc1. The van der Waals surface area contributed by atoms with Crippen molar-refractivity contribution in [3.8, 4) is 5.75 Å². The fourth-order valence-electron chi connectivity index (χ4n) is 3.63. The Balaban J connectivity index is 1.53. The Morgan fingerprint density at radius 2 is 1.55 bits per heavy atom. The molecule has 1 N–H and O–H groups in total. The number of nitrogens with one attached hydrogen (secondary N) is 1. The summed E-state index contributed by atoms with van der Waals surface area (Å²) in [5, 5.41) is 3.07. The summed E-state index contributed by atoms with van der Waals surface area (Å²) in [5.74, 6) is 0.916.